The summed E-state index contributed by atoms with van der Waals surface area (Å²) in [6.45, 7) is 5.19. The summed E-state index contributed by atoms with van der Waals surface area (Å²) in [5.74, 6) is 1.45. The summed E-state index contributed by atoms with van der Waals surface area (Å²) < 4.78 is 0. The van der Waals surface area contributed by atoms with E-state index in [0.717, 1.165) is 13.1 Å². The highest BCUT2D eigenvalue weighted by Crippen LogP contribution is 2.16. The molecule has 16 heavy (non-hydrogen) atoms. The van der Waals surface area contributed by atoms with Crippen molar-refractivity contribution < 1.29 is 4.79 Å². The molecule has 0 radical (unpaired) electrons. The minimum Gasteiger partial charge on any atom is -0.341 e. The van der Waals surface area contributed by atoms with Crippen molar-refractivity contribution in [2.75, 3.05) is 23.3 Å². The van der Waals surface area contributed by atoms with Crippen molar-refractivity contribution >= 4 is 17.8 Å². The largest absolute Gasteiger partial charge is 0.341 e. The fourth-order valence-corrected chi connectivity index (χ4v) is 1.74. The van der Waals surface area contributed by atoms with Gasteiger partial charge in [0.1, 0.15) is 5.82 Å². The molecule has 0 atom stereocenters. The maximum absolute atomic E-state index is 10.9. The van der Waals surface area contributed by atoms with Crippen LogP contribution in [0, 0.1) is 6.92 Å². The third-order valence-electron chi connectivity index (χ3n) is 2.41. The highest BCUT2D eigenvalue weighted by atomic mass is 16.1. The van der Waals surface area contributed by atoms with Crippen molar-refractivity contribution in [3.05, 3.63) is 5.82 Å². The topological polar surface area (TPSA) is 71.0 Å². The molecule has 2 heterocycles. The third kappa shape index (κ3) is 2.44. The first-order valence-corrected chi connectivity index (χ1v) is 5.40. The molecular weight excluding hydrogens is 206 g/mol. The van der Waals surface area contributed by atoms with Gasteiger partial charge in [-0.05, 0) is 19.8 Å². The number of carbonyl (C=O) groups is 1. The van der Waals surface area contributed by atoms with Crippen molar-refractivity contribution in [1.82, 2.24) is 15.0 Å². The predicted octanol–water partition coefficient (Wildman–Crippen LogP) is 0.739. The second-order valence-corrected chi connectivity index (χ2v) is 3.88. The van der Waals surface area contributed by atoms with Gasteiger partial charge in [0.15, 0.2) is 0 Å². The normalized spacial score (nSPS) is 15.2. The Labute approximate surface area is 94.1 Å². The summed E-state index contributed by atoms with van der Waals surface area (Å²) in [5.41, 5.74) is 0. The Morgan fingerprint density at radius 2 is 1.94 bits per heavy atom. The molecule has 1 amide bonds. The minimum atomic E-state index is -0.169. The van der Waals surface area contributed by atoms with Crippen LogP contribution in [0.4, 0.5) is 11.9 Å². The lowest BCUT2D eigenvalue weighted by Gasteiger charge is -2.15. The van der Waals surface area contributed by atoms with Crippen molar-refractivity contribution in [2.24, 2.45) is 0 Å². The van der Waals surface area contributed by atoms with Gasteiger partial charge in [0.05, 0.1) is 0 Å². The first kappa shape index (κ1) is 10.8. The zero-order chi connectivity index (χ0) is 11.5. The third-order valence-corrected chi connectivity index (χ3v) is 2.41. The molecule has 0 saturated carbocycles. The molecule has 0 unspecified atom stereocenters. The summed E-state index contributed by atoms with van der Waals surface area (Å²) in [4.78, 5) is 25.6. The number of nitrogens with zero attached hydrogens (tertiary/aromatic N) is 4. The molecule has 1 saturated heterocycles. The minimum absolute atomic E-state index is 0.169. The Bertz CT molecular complexity index is 400. The van der Waals surface area contributed by atoms with E-state index in [2.05, 4.69) is 25.2 Å². The van der Waals surface area contributed by atoms with E-state index in [1.54, 1.807) is 6.92 Å². The van der Waals surface area contributed by atoms with Gasteiger partial charge in [-0.15, -0.1) is 0 Å². The average molecular weight is 221 g/mol. The predicted molar refractivity (Wildman–Crippen MR) is 60.3 cm³/mol. The van der Waals surface area contributed by atoms with Crippen LogP contribution in [0.1, 0.15) is 25.6 Å². The number of aromatic nitrogens is 3. The van der Waals surface area contributed by atoms with Crippen LogP contribution in [-0.2, 0) is 4.79 Å². The lowest BCUT2D eigenvalue weighted by Crippen LogP contribution is -2.22. The molecule has 0 aliphatic carbocycles. The van der Waals surface area contributed by atoms with Crippen LogP contribution in [0.3, 0.4) is 0 Å². The van der Waals surface area contributed by atoms with E-state index in [9.17, 15) is 4.79 Å². The zero-order valence-electron chi connectivity index (χ0n) is 9.53. The molecule has 1 aromatic rings. The highest BCUT2D eigenvalue weighted by molar-refractivity contribution is 5.86. The zero-order valence-corrected chi connectivity index (χ0v) is 9.53. The number of amides is 1. The Morgan fingerprint density at radius 3 is 2.56 bits per heavy atom. The van der Waals surface area contributed by atoms with Crippen molar-refractivity contribution in [3.8, 4) is 0 Å². The van der Waals surface area contributed by atoms with Crippen molar-refractivity contribution in [2.45, 2.75) is 26.7 Å². The summed E-state index contributed by atoms with van der Waals surface area (Å²) in [7, 11) is 0. The maximum Gasteiger partial charge on any atom is 0.234 e. The fourth-order valence-electron chi connectivity index (χ4n) is 1.74. The molecule has 1 aromatic heterocycles. The van der Waals surface area contributed by atoms with Crippen LogP contribution in [0.25, 0.3) is 0 Å². The molecule has 1 fully saturated rings. The van der Waals surface area contributed by atoms with Gasteiger partial charge in [0.25, 0.3) is 0 Å². The number of hydrogen-bond acceptors (Lipinski definition) is 5. The van der Waals surface area contributed by atoms with Gasteiger partial charge in [-0.3, -0.25) is 10.1 Å². The molecule has 0 spiro atoms. The standard InChI is InChI=1S/C10H15N5O/c1-7-11-9(13-8(2)16)14-10(12-7)15-5-3-4-6-15/h3-6H2,1-2H3,(H,11,12,13,14,16). The Hall–Kier alpha value is -1.72. The molecule has 1 aliphatic heterocycles. The SMILES string of the molecule is CC(=O)Nc1nc(C)nc(N2CCCC2)n1. The molecule has 6 nitrogen and oxygen atoms in total. The Morgan fingerprint density at radius 1 is 1.25 bits per heavy atom. The second-order valence-electron chi connectivity index (χ2n) is 3.88. The average Bonchev–Trinajstić information content (AvgIpc) is 2.67. The number of hydrogen-bond donors (Lipinski definition) is 1. The molecule has 1 aliphatic rings. The van der Waals surface area contributed by atoms with Crippen LogP contribution in [-0.4, -0.2) is 33.9 Å². The van der Waals surface area contributed by atoms with Gasteiger partial charge >= 0.3 is 0 Å². The fraction of sp³-hybridized carbons (Fsp3) is 0.600. The number of nitrogens with one attached hydrogen (secondary N) is 1. The van der Waals surface area contributed by atoms with Crippen molar-refractivity contribution in [3.63, 3.8) is 0 Å². The van der Waals surface area contributed by atoms with E-state index in [1.165, 1.54) is 19.8 Å². The molecule has 1 N–H and O–H groups in total. The molecule has 0 bridgehead atoms. The van der Waals surface area contributed by atoms with Gasteiger partial charge in [0.2, 0.25) is 17.8 Å². The number of rotatable bonds is 2. The first-order chi connectivity index (χ1) is 7.65. The van der Waals surface area contributed by atoms with Gasteiger partial charge in [-0.1, -0.05) is 0 Å². The first-order valence-electron chi connectivity index (χ1n) is 5.40. The molecule has 6 heteroatoms. The van der Waals surface area contributed by atoms with Crippen molar-refractivity contribution in [1.29, 1.82) is 0 Å². The molecular formula is C10H15N5O. The lowest BCUT2D eigenvalue weighted by molar-refractivity contribution is -0.114. The summed E-state index contributed by atoms with van der Waals surface area (Å²) in [6, 6.07) is 0. The van der Waals surface area contributed by atoms with E-state index in [-0.39, 0.29) is 5.91 Å². The van der Waals surface area contributed by atoms with E-state index >= 15 is 0 Å². The smallest absolute Gasteiger partial charge is 0.234 e. The van der Waals surface area contributed by atoms with E-state index in [1.807, 2.05) is 0 Å². The number of aryl methyl sites for hydroxylation is 1. The van der Waals surface area contributed by atoms with Gasteiger partial charge in [0, 0.05) is 20.0 Å². The summed E-state index contributed by atoms with van der Waals surface area (Å²) in [5, 5.41) is 2.58. The molecule has 86 valence electrons. The Kier molecular flexibility index (Phi) is 2.98. The van der Waals surface area contributed by atoms with E-state index in [0.29, 0.717) is 17.7 Å². The van der Waals surface area contributed by atoms with Gasteiger partial charge in [-0.2, -0.15) is 15.0 Å². The number of carbonyl (C=O) groups excluding carboxylic acids is 1. The molecule has 0 aromatic carbocycles. The monoisotopic (exact) mass is 221 g/mol. The van der Waals surface area contributed by atoms with E-state index < -0.39 is 0 Å². The maximum atomic E-state index is 10.9. The molecule has 2 rings (SSSR count). The van der Waals surface area contributed by atoms with Gasteiger partial charge in [-0.25, -0.2) is 0 Å². The Balaban J connectivity index is 2.24. The van der Waals surface area contributed by atoms with Gasteiger partial charge < -0.3 is 4.90 Å². The quantitative estimate of drug-likeness (QED) is 0.797. The van der Waals surface area contributed by atoms with E-state index in [4.69, 9.17) is 0 Å². The number of anilines is 2. The highest BCUT2D eigenvalue weighted by Gasteiger charge is 2.16. The van der Waals surface area contributed by atoms with Crippen LogP contribution in [0.5, 0.6) is 0 Å². The van der Waals surface area contributed by atoms with Crippen LogP contribution < -0.4 is 10.2 Å². The second kappa shape index (κ2) is 4.42. The summed E-state index contributed by atoms with van der Waals surface area (Å²) >= 11 is 0. The van der Waals surface area contributed by atoms with Crippen LogP contribution in [0.2, 0.25) is 0 Å². The van der Waals surface area contributed by atoms with Crippen LogP contribution >= 0.6 is 0 Å². The summed E-state index contributed by atoms with van der Waals surface area (Å²) in [6.07, 6.45) is 2.33. The lowest BCUT2D eigenvalue weighted by atomic mass is 10.4. The van der Waals surface area contributed by atoms with Crippen LogP contribution in [0.15, 0.2) is 0 Å².